The van der Waals surface area contributed by atoms with Gasteiger partial charge in [0.15, 0.2) is 0 Å². The molecule has 0 amide bonds. The van der Waals surface area contributed by atoms with E-state index in [1.54, 1.807) is 13.0 Å². The first kappa shape index (κ1) is 25.0. The Morgan fingerprint density at radius 2 is 1.74 bits per heavy atom. The fourth-order valence-corrected chi connectivity index (χ4v) is 4.44. The number of nitrogens with zero attached hydrogens (tertiary/aromatic N) is 2. The Kier molecular flexibility index (Phi) is 7.95. The Hall–Kier alpha value is -4.64. The van der Waals surface area contributed by atoms with Crippen molar-refractivity contribution >= 4 is 22.9 Å². The normalized spacial score (nSPS) is 11.2. The number of fused-ring (bicyclic) bond motifs is 1. The van der Waals surface area contributed by atoms with Gasteiger partial charge < -0.3 is 14.0 Å². The molecule has 38 heavy (non-hydrogen) atoms. The summed E-state index contributed by atoms with van der Waals surface area (Å²) in [6.07, 6.45) is 9.00. The van der Waals surface area contributed by atoms with Crippen LogP contribution in [0.3, 0.4) is 0 Å². The minimum atomic E-state index is -0.338. The SMILES string of the molecule is CCOC(=O)/C=C/c1ccc2c(c1)c(CCc1ccccn1)cn2-c1ccc(OCc2ccccc2)cc1. The van der Waals surface area contributed by atoms with Crippen LogP contribution >= 0.6 is 0 Å². The molecule has 0 unspecified atom stereocenters. The zero-order chi connectivity index (χ0) is 26.2. The van der Waals surface area contributed by atoms with E-state index < -0.39 is 0 Å². The van der Waals surface area contributed by atoms with Crippen LogP contribution in [0.15, 0.2) is 109 Å². The Morgan fingerprint density at radius 3 is 2.50 bits per heavy atom. The van der Waals surface area contributed by atoms with E-state index in [0.717, 1.165) is 52.0 Å². The third-order valence-electron chi connectivity index (χ3n) is 6.35. The van der Waals surface area contributed by atoms with Crippen molar-refractivity contribution in [2.75, 3.05) is 6.61 Å². The first-order valence-electron chi connectivity index (χ1n) is 12.9. The lowest BCUT2D eigenvalue weighted by Gasteiger charge is -2.09. The lowest BCUT2D eigenvalue weighted by molar-refractivity contribution is -0.137. The Labute approximate surface area is 223 Å². The topological polar surface area (TPSA) is 53.3 Å². The van der Waals surface area contributed by atoms with Gasteiger partial charge in [0.2, 0.25) is 0 Å². The molecule has 0 aliphatic carbocycles. The van der Waals surface area contributed by atoms with E-state index >= 15 is 0 Å². The summed E-state index contributed by atoms with van der Waals surface area (Å²) in [4.78, 5) is 16.3. The smallest absolute Gasteiger partial charge is 0.330 e. The molecule has 0 spiro atoms. The van der Waals surface area contributed by atoms with Crippen molar-refractivity contribution in [2.24, 2.45) is 0 Å². The van der Waals surface area contributed by atoms with Gasteiger partial charge in [-0.25, -0.2) is 4.79 Å². The van der Waals surface area contributed by atoms with Crippen molar-refractivity contribution in [1.82, 2.24) is 9.55 Å². The molecule has 0 saturated carbocycles. The van der Waals surface area contributed by atoms with Gasteiger partial charge in [-0.3, -0.25) is 4.98 Å². The van der Waals surface area contributed by atoms with Crippen molar-refractivity contribution in [1.29, 1.82) is 0 Å². The van der Waals surface area contributed by atoms with Crippen molar-refractivity contribution in [2.45, 2.75) is 26.4 Å². The number of esters is 1. The van der Waals surface area contributed by atoms with Crippen LogP contribution in [-0.2, 0) is 29.0 Å². The highest BCUT2D eigenvalue weighted by Crippen LogP contribution is 2.29. The van der Waals surface area contributed by atoms with Gasteiger partial charge in [-0.2, -0.15) is 0 Å². The van der Waals surface area contributed by atoms with Crippen LogP contribution in [0.5, 0.6) is 5.75 Å². The highest BCUT2D eigenvalue weighted by molar-refractivity contribution is 5.91. The summed E-state index contributed by atoms with van der Waals surface area (Å²) < 4.78 is 13.2. The summed E-state index contributed by atoms with van der Waals surface area (Å²) >= 11 is 0. The van der Waals surface area contributed by atoms with Crippen LogP contribution in [0.2, 0.25) is 0 Å². The van der Waals surface area contributed by atoms with E-state index in [0.29, 0.717) is 13.2 Å². The number of carbonyl (C=O) groups excluding carboxylic acids is 1. The lowest BCUT2D eigenvalue weighted by atomic mass is 10.0. The quantitative estimate of drug-likeness (QED) is 0.153. The number of hydrogen-bond acceptors (Lipinski definition) is 4. The lowest BCUT2D eigenvalue weighted by Crippen LogP contribution is -1.98. The monoisotopic (exact) mass is 502 g/mol. The largest absolute Gasteiger partial charge is 0.489 e. The molecule has 0 fully saturated rings. The number of benzene rings is 3. The predicted octanol–water partition coefficient (Wildman–Crippen LogP) is 6.97. The first-order valence-corrected chi connectivity index (χ1v) is 12.9. The summed E-state index contributed by atoms with van der Waals surface area (Å²) in [5.41, 5.74) is 6.53. The van der Waals surface area contributed by atoms with E-state index in [1.807, 2.05) is 54.7 Å². The van der Waals surface area contributed by atoms with Gasteiger partial charge in [-0.05, 0) is 91.1 Å². The number of ether oxygens (including phenoxy) is 2. The van der Waals surface area contributed by atoms with Gasteiger partial charge in [0.25, 0.3) is 0 Å². The average molecular weight is 503 g/mol. The van der Waals surface area contributed by atoms with Crippen LogP contribution in [0.1, 0.15) is 29.3 Å². The maximum Gasteiger partial charge on any atom is 0.330 e. The van der Waals surface area contributed by atoms with Crippen molar-refractivity contribution in [3.05, 3.63) is 132 Å². The van der Waals surface area contributed by atoms with Crippen molar-refractivity contribution < 1.29 is 14.3 Å². The molecule has 2 aromatic heterocycles. The van der Waals surface area contributed by atoms with E-state index in [9.17, 15) is 4.79 Å². The molecule has 2 heterocycles. The molecule has 0 bridgehead atoms. The van der Waals surface area contributed by atoms with Crippen LogP contribution in [0, 0.1) is 0 Å². The number of aromatic nitrogens is 2. The molecular weight excluding hydrogens is 472 g/mol. The third-order valence-corrected chi connectivity index (χ3v) is 6.35. The van der Waals surface area contributed by atoms with Crippen LogP contribution in [-0.4, -0.2) is 22.1 Å². The van der Waals surface area contributed by atoms with E-state index in [1.165, 1.54) is 11.6 Å². The molecule has 0 radical (unpaired) electrons. The molecule has 190 valence electrons. The van der Waals surface area contributed by atoms with Gasteiger partial charge in [-0.15, -0.1) is 0 Å². The van der Waals surface area contributed by atoms with E-state index in [2.05, 4.69) is 58.2 Å². The maximum atomic E-state index is 11.8. The average Bonchev–Trinajstić information content (AvgIpc) is 3.33. The molecule has 5 heteroatoms. The molecule has 5 aromatic rings. The van der Waals surface area contributed by atoms with Gasteiger partial charge in [0.05, 0.1) is 12.1 Å². The van der Waals surface area contributed by atoms with E-state index in [-0.39, 0.29) is 5.97 Å². The van der Waals surface area contributed by atoms with Crippen LogP contribution in [0.25, 0.3) is 22.7 Å². The van der Waals surface area contributed by atoms with Gasteiger partial charge in [-0.1, -0.05) is 42.5 Å². The summed E-state index contributed by atoms with van der Waals surface area (Å²) in [6.45, 7) is 2.70. The summed E-state index contributed by atoms with van der Waals surface area (Å²) in [6, 6.07) is 30.6. The number of hydrogen-bond donors (Lipinski definition) is 0. The minimum Gasteiger partial charge on any atom is -0.489 e. The summed E-state index contributed by atoms with van der Waals surface area (Å²) in [5, 5.41) is 1.15. The molecule has 0 N–H and O–H groups in total. The minimum absolute atomic E-state index is 0.338. The molecule has 0 aliphatic rings. The van der Waals surface area contributed by atoms with Crippen LogP contribution in [0.4, 0.5) is 0 Å². The number of carbonyl (C=O) groups is 1. The highest BCUT2D eigenvalue weighted by Gasteiger charge is 2.12. The first-order chi connectivity index (χ1) is 18.7. The zero-order valence-electron chi connectivity index (χ0n) is 21.4. The number of rotatable bonds is 10. The molecule has 0 saturated heterocycles. The second-order valence-corrected chi connectivity index (χ2v) is 8.98. The number of pyridine rings is 1. The van der Waals surface area contributed by atoms with Crippen LogP contribution < -0.4 is 4.74 Å². The van der Waals surface area contributed by atoms with Gasteiger partial charge >= 0.3 is 5.97 Å². The summed E-state index contributed by atoms with van der Waals surface area (Å²) in [5.74, 6) is 0.492. The molecule has 3 aromatic carbocycles. The van der Waals surface area contributed by atoms with Gasteiger partial charge in [0.1, 0.15) is 12.4 Å². The van der Waals surface area contributed by atoms with E-state index in [4.69, 9.17) is 9.47 Å². The fourth-order valence-electron chi connectivity index (χ4n) is 4.44. The standard InChI is InChI=1S/C33H30N2O3/c1-2-37-33(36)20-12-25-11-19-32-31(22-25)27(13-14-28-10-6-7-21-34-28)23-35(32)29-15-17-30(18-16-29)38-24-26-8-4-3-5-9-26/h3-12,15-23H,2,13-14,24H2,1H3/b20-12+. The second kappa shape index (κ2) is 12.1. The zero-order valence-corrected chi connectivity index (χ0v) is 21.4. The molecular formula is C33H30N2O3. The Morgan fingerprint density at radius 1 is 0.921 bits per heavy atom. The van der Waals surface area contributed by atoms with Crippen molar-refractivity contribution in [3.63, 3.8) is 0 Å². The molecule has 5 rings (SSSR count). The molecule has 5 nitrogen and oxygen atoms in total. The Bertz CT molecular complexity index is 1520. The molecule has 0 atom stereocenters. The maximum absolute atomic E-state index is 11.8. The van der Waals surface area contributed by atoms with Gasteiger partial charge in [0, 0.05) is 35.2 Å². The molecule has 0 aliphatic heterocycles. The third kappa shape index (κ3) is 6.19. The summed E-state index contributed by atoms with van der Waals surface area (Å²) in [7, 11) is 0. The van der Waals surface area contributed by atoms with Crippen molar-refractivity contribution in [3.8, 4) is 11.4 Å². The number of aryl methyl sites for hydroxylation is 2. The fraction of sp³-hybridized carbons (Fsp3) is 0.152. The highest BCUT2D eigenvalue weighted by atomic mass is 16.5. The second-order valence-electron chi connectivity index (χ2n) is 8.98. The Balaban J connectivity index is 1.42. The predicted molar refractivity (Wildman–Crippen MR) is 151 cm³/mol.